The summed E-state index contributed by atoms with van der Waals surface area (Å²) in [6.45, 7) is 0. The molecule has 2 nitrogen and oxygen atoms in total. The molecular weight excluding hydrogens is 138 g/mol. The summed E-state index contributed by atoms with van der Waals surface area (Å²) in [5, 5.41) is 2.60. The fourth-order valence-corrected chi connectivity index (χ4v) is 1.08. The van der Waals surface area contributed by atoms with E-state index in [0.29, 0.717) is 0 Å². The van der Waals surface area contributed by atoms with Crippen LogP contribution in [0, 0.1) is 0 Å². The highest BCUT2D eigenvalue weighted by Gasteiger charge is 2.03. The fourth-order valence-electron chi connectivity index (χ4n) is 1.08. The van der Waals surface area contributed by atoms with Gasteiger partial charge in [-0.05, 0) is 19.3 Å². The molecule has 0 bridgehead atoms. The second-order valence-corrected chi connectivity index (χ2v) is 2.57. The van der Waals surface area contributed by atoms with Gasteiger partial charge in [-0.25, -0.2) is 0 Å². The summed E-state index contributed by atoms with van der Waals surface area (Å²) in [6.07, 6.45) is 9.17. The molecule has 0 saturated heterocycles. The van der Waals surface area contributed by atoms with Crippen LogP contribution in [0.4, 0.5) is 0 Å². The number of carbonyl (C=O) groups is 1. The zero-order chi connectivity index (χ0) is 8.10. The first-order valence-corrected chi connectivity index (χ1v) is 3.93. The van der Waals surface area contributed by atoms with E-state index in [1.807, 2.05) is 18.2 Å². The van der Waals surface area contributed by atoms with Crippen LogP contribution < -0.4 is 5.32 Å². The van der Waals surface area contributed by atoms with Crippen LogP contribution in [0.1, 0.15) is 20.7 Å². The molecule has 0 spiro atoms. The van der Waals surface area contributed by atoms with Crippen molar-refractivity contribution in [2.45, 2.75) is 19.3 Å². The minimum absolute atomic E-state index is 0. The number of hydrogen-bond acceptors (Lipinski definition) is 1. The molecule has 0 unspecified atom stereocenters. The maximum Gasteiger partial charge on any atom is 0.250 e. The van der Waals surface area contributed by atoms with Crippen LogP contribution in [0.3, 0.4) is 0 Å². The van der Waals surface area contributed by atoms with Gasteiger partial charge in [0, 0.05) is 14.0 Å². The quantitative estimate of drug-likeness (QED) is 0.609. The summed E-state index contributed by atoms with van der Waals surface area (Å²) in [4.78, 5) is 11.1. The van der Waals surface area contributed by atoms with Crippen molar-refractivity contribution in [3.63, 3.8) is 0 Å². The van der Waals surface area contributed by atoms with E-state index in [-0.39, 0.29) is 7.33 Å². The summed E-state index contributed by atoms with van der Waals surface area (Å²) >= 11 is 0. The first kappa shape index (κ1) is 8.05. The van der Waals surface area contributed by atoms with Crippen LogP contribution >= 0.6 is 0 Å². The standard InChI is InChI=1S/C9H13NO.H2/c1-10-9(11)8-6-4-2-3-5-7-8;/h4,6-7H,2-3,5H2,1H3,(H,10,11);1H. The van der Waals surface area contributed by atoms with Crippen LogP contribution in [0.25, 0.3) is 0 Å². The number of nitrogens with one attached hydrogen (secondary N) is 1. The Morgan fingerprint density at radius 1 is 1.64 bits per heavy atom. The van der Waals surface area contributed by atoms with E-state index in [1.165, 1.54) is 0 Å². The molecule has 1 aliphatic carbocycles. The number of amides is 1. The van der Waals surface area contributed by atoms with E-state index in [0.717, 1.165) is 24.8 Å². The van der Waals surface area contributed by atoms with Crippen molar-refractivity contribution in [1.29, 1.82) is 0 Å². The molecule has 0 aromatic carbocycles. The second kappa shape index (κ2) is 3.96. The molecule has 2 heteroatoms. The highest BCUT2D eigenvalue weighted by molar-refractivity contribution is 5.95. The third-order valence-electron chi connectivity index (χ3n) is 1.73. The molecule has 0 aliphatic heterocycles. The number of hydrogen-bond donors (Lipinski definition) is 1. The van der Waals surface area contributed by atoms with E-state index < -0.39 is 0 Å². The molecule has 62 valence electrons. The predicted molar refractivity (Wildman–Crippen MR) is 47.3 cm³/mol. The smallest absolute Gasteiger partial charge is 0.250 e. The highest BCUT2D eigenvalue weighted by Crippen LogP contribution is 2.09. The van der Waals surface area contributed by atoms with Gasteiger partial charge in [0.25, 0.3) is 5.91 Å². The molecule has 0 fully saturated rings. The Hall–Kier alpha value is -1.05. The van der Waals surface area contributed by atoms with E-state index >= 15 is 0 Å². The topological polar surface area (TPSA) is 29.1 Å². The van der Waals surface area contributed by atoms with Crippen molar-refractivity contribution < 1.29 is 6.22 Å². The summed E-state index contributed by atoms with van der Waals surface area (Å²) in [6, 6.07) is 0. The molecule has 1 amide bonds. The van der Waals surface area contributed by atoms with Gasteiger partial charge >= 0.3 is 0 Å². The van der Waals surface area contributed by atoms with Gasteiger partial charge < -0.3 is 5.32 Å². The van der Waals surface area contributed by atoms with Crippen LogP contribution in [-0.2, 0) is 4.79 Å². The van der Waals surface area contributed by atoms with Crippen LogP contribution in [0.5, 0.6) is 0 Å². The monoisotopic (exact) mass is 153 g/mol. The molecule has 11 heavy (non-hydrogen) atoms. The minimum atomic E-state index is 0. The van der Waals surface area contributed by atoms with Gasteiger partial charge in [-0.3, -0.25) is 4.79 Å². The van der Waals surface area contributed by atoms with Gasteiger partial charge in [-0.2, -0.15) is 0 Å². The summed E-state index contributed by atoms with van der Waals surface area (Å²) in [5.41, 5.74) is 0.796. The lowest BCUT2D eigenvalue weighted by molar-refractivity contribution is -0.116. The zero-order valence-corrected chi connectivity index (χ0v) is 6.76. The van der Waals surface area contributed by atoms with E-state index in [4.69, 9.17) is 0 Å². The molecule has 1 rings (SSSR count). The first-order valence-electron chi connectivity index (χ1n) is 3.93. The second-order valence-electron chi connectivity index (χ2n) is 2.57. The van der Waals surface area contributed by atoms with Crippen molar-refractivity contribution in [2.75, 3.05) is 7.05 Å². The molecule has 1 N–H and O–H groups in total. The highest BCUT2D eigenvalue weighted by atomic mass is 16.1. The van der Waals surface area contributed by atoms with Crippen LogP contribution in [0.2, 0.25) is 0 Å². The van der Waals surface area contributed by atoms with Crippen molar-refractivity contribution in [2.24, 2.45) is 0 Å². The maximum absolute atomic E-state index is 11.1. The van der Waals surface area contributed by atoms with Gasteiger partial charge in [0.05, 0.1) is 0 Å². The normalized spacial score (nSPS) is 17.0. The van der Waals surface area contributed by atoms with Gasteiger partial charge in [0.2, 0.25) is 0 Å². The number of allylic oxidation sites excluding steroid dienone is 2. The largest absolute Gasteiger partial charge is 0.355 e. The molecule has 0 saturated carbocycles. The summed E-state index contributed by atoms with van der Waals surface area (Å²) in [5.74, 6) is 0.0168. The van der Waals surface area contributed by atoms with Crippen molar-refractivity contribution in [1.82, 2.24) is 5.32 Å². The lowest BCUT2D eigenvalue weighted by Crippen LogP contribution is -2.18. The Kier molecular flexibility index (Phi) is 2.90. The Labute approximate surface area is 68.5 Å². The molecule has 1 aliphatic rings. The lowest BCUT2D eigenvalue weighted by Gasteiger charge is -1.97. The van der Waals surface area contributed by atoms with Crippen molar-refractivity contribution in [3.8, 4) is 0 Å². The summed E-state index contributed by atoms with van der Waals surface area (Å²) < 4.78 is 0. The number of likely N-dealkylation sites (N-methyl/N-ethyl adjacent to an activating group) is 1. The molecular formula is C9H15NO. The van der Waals surface area contributed by atoms with E-state index in [1.54, 1.807) is 7.05 Å². The van der Waals surface area contributed by atoms with Gasteiger partial charge in [-0.15, -0.1) is 0 Å². The Morgan fingerprint density at radius 3 is 3.18 bits per heavy atom. The number of carbonyl (C=O) groups excluding carboxylic acids is 1. The average molecular weight is 153 g/mol. The van der Waals surface area contributed by atoms with Crippen LogP contribution in [0.15, 0.2) is 23.8 Å². The fraction of sp³-hybridized carbons (Fsp3) is 0.444. The van der Waals surface area contributed by atoms with Crippen molar-refractivity contribution in [3.05, 3.63) is 23.8 Å². The average Bonchev–Trinajstić information content (AvgIpc) is 2.30. The Balaban J connectivity index is 0.00000121. The molecule has 0 aromatic rings. The zero-order valence-electron chi connectivity index (χ0n) is 6.76. The van der Waals surface area contributed by atoms with Crippen LogP contribution in [-0.4, -0.2) is 13.0 Å². The maximum atomic E-state index is 11.1. The molecule has 0 aromatic heterocycles. The lowest BCUT2D eigenvalue weighted by atomic mass is 10.2. The molecule has 0 atom stereocenters. The van der Waals surface area contributed by atoms with Gasteiger partial charge in [-0.1, -0.05) is 18.2 Å². The summed E-state index contributed by atoms with van der Waals surface area (Å²) in [7, 11) is 1.65. The van der Waals surface area contributed by atoms with Gasteiger partial charge in [0.15, 0.2) is 0 Å². The van der Waals surface area contributed by atoms with Crippen molar-refractivity contribution >= 4 is 5.91 Å². The Morgan fingerprint density at radius 2 is 2.45 bits per heavy atom. The van der Waals surface area contributed by atoms with E-state index in [9.17, 15) is 4.79 Å². The molecule has 0 heterocycles. The first-order chi connectivity index (χ1) is 5.34. The number of rotatable bonds is 1. The predicted octanol–water partition coefficient (Wildman–Crippen LogP) is 1.64. The van der Waals surface area contributed by atoms with Gasteiger partial charge in [0.1, 0.15) is 0 Å². The third-order valence-corrected chi connectivity index (χ3v) is 1.73. The molecule has 0 radical (unpaired) electrons. The Bertz CT molecular complexity index is 209. The minimum Gasteiger partial charge on any atom is -0.355 e. The SMILES string of the molecule is CNC(=O)C1=CCCCC=C1.[HH]. The third kappa shape index (κ3) is 2.22. The van der Waals surface area contributed by atoms with E-state index in [2.05, 4.69) is 5.32 Å².